The Bertz CT molecular complexity index is 408. The number of hydrogen-bond acceptors (Lipinski definition) is 5. The standard InChI is InChI=1S/C11H15N3O3S/c1-8(15)12-13-11(16)7-18-10-5-3-9(4-6-10)14-17-2/h3-6,14H,7H2,1-2H3,(H,12,15)(H,13,16). The summed E-state index contributed by atoms with van der Waals surface area (Å²) < 4.78 is 0. The van der Waals surface area contributed by atoms with Crippen molar-refractivity contribution in [3.63, 3.8) is 0 Å². The molecule has 7 heteroatoms. The van der Waals surface area contributed by atoms with Crippen molar-refractivity contribution < 1.29 is 14.4 Å². The highest BCUT2D eigenvalue weighted by atomic mass is 32.2. The van der Waals surface area contributed by atoms with Crippen molar-refractivity contribution in [3.8, 4) is 0 Å². The molecule has 0 spiro atoms. The van der Waals surface area contributed by atoms with Crippen LogP contribution in [0.3, 0.4) is 0 Å². The first kappa shape index (κ1) is 14.3. The molecule has 6 nitrogen and oxygen atoms in total. The van der Waals surface area contributed by atoms with Gasteiger partial charge in [-0.1, -0.05) is 0 Å². The third kappa shape index (κ3) is 5.55. The Balaban J connectivity index is 2.34. The maximum Gasteiger partial charge on any atom is 0.248 e. The molecule has 0 bridgehead atoms. The van der Waals surface area contributed by atoms with Gasteiger partial charge in [-0.25, -0.2) is 0 Å². The second-order valence-electron chi connectivity index (χ2n) is 3.35. The van der Waals surface area contributed by atoms with Crippen molar-refractivity contribution in [1.82, 2.24) is 10.9 Å². The Kier molecular flexibility index (Phi) is 6.03. The van der Waals surface area contributed by atoms with Crippen molar-refractivity contribution >= 4 is 29.3 Å². The van der Waals surface area contributed by atoms with Gasteiger partial charge < -0.3 is 0 Å². The van der Waals surface area contributed by atoms with Gasteiger partial charge in [-0.15, -0.1) is 11.8 Å². The van der Waals surface area contributed by atoms with Crippen LogP contribution in [0.1, 0.15) is 6.92 Å². The number of anilines is 1. The molecule has 0 fully saturated rings. The van der Waals surface area contributed by atoms with E-state index in [0.29, 0.717) is 0 Å². The first-order valence-electron chi connectivity index (χ1n) is 5.19. The van der Waals surface area contributed by atoms with Gasteiger partial charge in [0.05, 0.1) is 18.6 Å². The zero-order chi connectivity index (χ0) is 13.4. The summed E-state index contributed by atoms with van der Waals surface area (Å²) in [6.07, 6.45) is 0. The van der Waals surface area contributed by atoms with E-state index < -0.39 is 0 Å². The summed E-state index contributed by atoms with van der Waals surface area (Å²) in [7, 11) is 1.54. The zero-order valence-electron chi connectivity index (χ0n) is 10.1. The lowest BCUT2D eigenvalue weighted by Gasteiger charge is -2.06. The quantitative estimate of drug-likeness (QED) is 0.547. The van der Waals surface area contributed by atoms with Gasteiger partial charge in [0, 0.05) is 11.8 Å². The lowest BCUT2D eigenvalue weighted by Crippen LogP contribution is -2.41. The third-order valence-corrected chi connectivity index (χ3v) is 2.83. The van der Waals surface area contributed by atoms with E-state index in [-0.39, 0.29) is 17.6 Å². The Labute approximate surface area is 109 Å². The molecule has 18 heavy (non-hydrogen) atoms. The van der Waals surface area contributed by atoms with Crippen LogP contribution in [0, 0.1) is 0 Å². The van der Waals surface area contributed by atoms with Gasteiger partial charge in [0.1, 0.15) is 0 Å². The highest BCUT2D eigenvalue weighted by molar-refractivity contribution is 8.00. The molecule has 0 aliphatic carbocycles. The van der Waals surface area contributed by atoms with E-state index in [1.54, 1.807) is 0 Å². The number of hydrazine groups is 1. The second kappa shape index (κ2) is 7.57. The van der Waals surface area contributed by atoms with E-state index >= 15 is 0 Å². The number of amides is 2. The van der Waals surface area contributed by atoms with Crippen molar-refractivity contribution in [2.75, 3.05) is 18.3 Å². The van der Waals surface area contributed by atoms with Gasteiger partial charge in [-0.3, -0.25) is 30.8 Å². The minimum absolute atomic E-state index is 0.233. The molecule has 0 unspecified atom stereocenters. The summed E-state index contributed by atoms with van der Waals surface area (Å²) in [6.45, 7) is 1.33. The van der Waals surface area contributed by atoms with Gasteiger partial charge >= 0.3 is 0 Å². The molecule has 1 aromatic rings. The molecule has 0 saturated carbocycles. The predicted octanol–water partition coefficient (Wildman–Crippen LogP) is 0.919. The number of benzene rings is 1. The summed E-state index contributed by atoms with van der Waals surface area (Å²) >= 11 is 1.38. The Hall–Kier alpha value is -1.73. The Morgan fingerprint density at radius 3 is 2.44 bits per heavy atom. The van der Waals surface area contributed by atoms with Crippen LogP contribution >= 0.6 is 11.8 Å². The number of nitrogens with one attached hydrogen (secondary N) is 3. The second-order valence-corrected chi connectivity index (χ2v) is 4.40. The molecule has 2 amide bonds. The first-order valence-corrected chi connectivity index (χ1v) is 6.17. The van der Waals surface area contributed by atoms with Gasteiger partial charge in [0.25, 0.3) is 0 Å². The molecule has 0 heterocycles. The van der Waals surface area contributed by atoms with Gasteiger partial charge in [-0.2, -0.15) is 0 Å². The van der Waals surface area contributed by atoms with E-state index in [1.165, 1.54) is 25.8 Å². The van der Waals surface area contributed by atoms with Crippen molar-refractivity contribution in [3.05, 3.63) is 24.3 Å². The minimum Gasteiger partial charge on any atom is -0.279 e. The molecule has 0 saturated heterocycles. The third-order valence-electron chi connectivity index (χ3n) is 1.82. The highest BCUT2D eigenvalue weighted by Gasteiger charge is 2.03. The van der Waals surface area contributed by atoms with E-state index in [1.807, 2.05) is 24.3 Å². The predicted molar refractivity (Wildman–Crippen MR) is 69.8 cm³/mol. The fraction of sp³-hybridized carbons (Fsp3) is 0.273. The topological polar surface area (TPSA) is 79.5 Å². The van der Waals surface area contributed by atoms with Crippen molar-refractivity contribution in [2.24, 2.45) is 0 Å². The van der Waals surface area contributed by atoms with Crippen LogP contribution < -0.4 is 16.3 Å². The lowest BCUT2D eigenvalue weighted by atomic mass is 10.3. The molecule has 1 rings (SSSR count). The minimum atomic E-state index is -0.302. The molecular formula is C11H15N3O3S. The van der Waals surface area contributed by atoms with Crippen LogP contribution in [0.4, 0.5) is 5.69 Å². The van der Waals surface area contributed by atoms with Crippen LogP contribution in [-0.2, 0) is 14.4 Å². The highest BCUT2D eigenvalue weighted by Crippen LogP contribution is 2.19. The number of carbonyl (C=O) groups is 2. The lowest BCUT2D eigenvalue weighted by molar-refractivity contribution is -0.126. The van der Waals surface area contributed by atoms with E-state index in [2.05, 4.69) is 16.3 Å². The number of thioether (sulfide) groups is 1. The van der Waals surface area contributed by atoms with Crippen LogP contribution in [0.5, 0.6) is 0 Å². The SMILES string of the molecule is CONc1ccc(SCC(=O)NNC(C)=O)cc1. The van der Waals surface area contributed by atoms with E-state index in [4.69, 9.17) is 4.84 Å². The monoisotopic (exact) mass is 269 g/mol. The van der Waals surface area contributed by atoms with E-state index in [0.717, 1.165) is 10.6 Å². The zero-order valence-corrected chi connectivity index (χ0v) is 11.0. The largest absolute Gasteiger partial charge is 0.279 e. The van der Waals surface area contributed by atoms with Gasteiger partial charge in [-0.05, 0) is 24.3 Å². The average molecular weight is 269 g/mol. The van der Waals surface area contributed by atoms with Crippen LogP contribution in [0.25, 0.3) is 0 Å². The van der Waals surface area contributed by atoms with Gasteiger partial charge in [0.2, 0.25) is 11.8 Å². The molecule has 0 atom stereocenters. The summed E-state index contributed by atoms with van der Waals surface area (Å²) in [4.78, 5) is 27.6. The maximum atomic E-state index is 11.3. The fourth-order valence-electron chi connectivity index (χ4n) is 1.08. The van der Waals surface area contributed by atoms with E-state index in [9.17, 15) is 9.59 Å². The number of carbonyl (C=O) groups excluding carboxylic acids is 2. The summed E-state index contributed by atoms with van der Waals surface area (Å²) in [5.74, 6) is -0.324. The average Bonchev–Trinajstić information content (AvgIpc) is 2.36. The smallest absolute Gasteiger partial charge is 0.248 e. The molecule has 0 aliphatic heterocycles. The summed E-state index contributed by atoms with van der Waals surface area (Å²) in [5.41, 5.74) is 8.06. The summed E-state index contributed by atoms with van der Waals surface area (Å²) in [6, 6.07) is 7.44. The number of hydrogen-bond donors (Lipinski definition) is 3. The molecule has 0 aliphatic rings. The van der Waals surface area contributed by atoms with Crippen molar-refractivity contribution in [2.45, 2.75) is 11.8 Å². The fourth-order valence-corrected chi connectivity index (χ4v) is 1.78. The molecule has 98 valence electrons. The molecule has 3 N–H and O–H groups in total. The molecular weight excluding hydrogens is 254 g/mol. The molecule has 0 aromatic heterocycles. The van der Waals surface area contributed by atoms with Crippen LogP contribution in [-0.4, -0.2) is 24.7 Å². The normalized spacial score (nSPS) is 9.67. The molecule has 0 radical (unpaired) electrons. The first-order chi connectivity index (χ1) is 8.61. The van der Waals surface area contributed by atoms with Crippen LogP contribution in [0.15, 0.2) is 29.2 Å². The van der Waals surface area contributed by atoms with Crippen LogP contribution in [0.2, 0.25) is 0 Å². The summed E-state index contributed by atoms with van der Waals surface area (Å²) in [5, 5.41) is 0. The molecule has 1 aromatic carbocycles. The van der Waals surface area contributed by atoms with Crippen molar-refractivity contribution in [1.29, 1.82) is 0 Å². The number of rotatable bonds is 5. The Morgan fingerprint density at radius 1 is 1.22 bits per heavy atom. The Morgan fingerprint density at radius 2 is 1.89 bits per heavy atom. The maximum absolute atomic E-state index is 11.3. The van der Waals surface area contributed by atoms with Gasteiger partial charge in [0.15, 0.2) is 0 Å².